The quantitative estimate of drug-likeness (QED) is 0.206. The number of hydrogen-bond donors (Lipinski definition) is 4. The van der Waals surface area contributed by atoms with Gasteiger partial charge in [0.2, 0.25) is 0 Å². The molecule has 1 aliphatic rings. The Morgan fingerprint density at radius 1 is 1.04 bits per heavy atom. The van der Waals surface area contributed by atoms with Gasteiger partial charge in [0.1, 0.15) is 11.8 Å². The number of H-pyrrole nitrogens is 1. The molecule has 1 saturated heterocycles. The Balaban J connectivity index is 0.000000331. The van der Waals surface area contributed by atoms with E-state index in [0.29, 0.717) is 23.0 Å². The van der Waals surface area contributed by atoms with Gasteiger partial charge >= 0.3 is 24.3 Å². The van der Waals surface area contributed by atoms with Crippen molar-refractivity contribution in [2.45, 2.75) is 31.6 Å². The lowest BCUT2D eigenvalue weighted by atomic mass is 9.96. The number of anilines is 2. The Kier molecular flexibility index (Phi) is 11.3. The zero-order chi connectivity index (χ0) is 33.4. The SMILES string of the molecule is N#CC1CCN(c2c(CCNc3ncnc4[nH]cnc34)cc(Cl)c3cccnc23)CC1.O=C(O)C(F)(F)F.O=C(O)C(F)(F)F. The molecular weight excluding hydrogens is 638 g/mol. The van der Waals surface area contributed by atoms with Crippen LogP contribution in [0, 0.1) is 17.2 Å². The Morgan fingerprint density at radius 3 is 2.24 bits per heavy atom. The molecule has 1 aromatic carbocycles. The molecule has 0 radical (unpaired) electrons. The number of carboxylic acids is 2. The summed E-state index contributed by atoms with van der Waals surface area (Å²) in [6, 6.07) is 8.37. The van der Waals surface area contributed by atoms with Gasteiger partial charge < -0.3 is 25.4 Å². The predicted molar refractivity (Wildman–Crippen MR) is 149 cm³/mol. The summed E-state index contributed by atoms with van der Waals surface area (Å²) in [6.07, 6.45) is -2.75. The van der Waals surface area contributed by atoms with Gasteiger partial charge in [-0.2, -0.15) is 31.6 Å². The third kappa shape index (κ3) is 9.28. The molecule has 45 heavy (non-hydrogen) atoms. The van der Waals surface area contributed by atoms with Crippen molar-refractivity contribution in [3.63, 3.8) is 0 Å². The van der Waals surface area contributed by atoms with Crippen molar-refractivity contribution in [1.82, 2.24) is 24.9 Å². The molecule has 0 atom stereocenters. The molecule has 0 aliphatic carbocycles. The highest BCUT2D eigenvalue weighted by molar-refractivity contribution is 6.36. The minimum absolute atomic E-state index is 0.127. The van der Waals surface area contributed by atoms with Gasteiger partial charge in [0.15, 0.2) is 11.5 Å². The Bertz CT molecular complexity index is 1660. The molecule has 0 amide bonds. The summed E-state index contributed by atoms with van der Waals surface area (Å²) in [5.74, 6) is -4.69. The van der Waals surface area contributed by atoms with Crippen LogP contribution in [0.1, 0.15) is 18.4 Å². The number of aromatic amines is 1. The number of nitrogens with zero attached hydrogens (tertiary/aromatic N) is 6. The zero-order valence-corrected chi connectivity index (χ0v) is 23.6. The Labute approximate surface area is 254 Å². The van der Waals surface area contributed by atoms with Crippen LogP contribution >= 0.6 is 11.6 Å². The fraction of sp³-hybridized carbons (Fsp3) is 0.346. The van der Waals surface area contributed by atoms with E-state index in [2.05, 4.69) is 41.2 Å². The van der Waals surface area contributed by atoms with Crippen molar-refractivity contribution >= 4 is 57.1 Å². The van der Waals surface area contributed by atoms with E-state index in [0.717, 1.165) is 60.0 Å². The Morgan fingerprint density at radius 2 is 1.67 bits per heavy atom. The van der Waals surface area contributed by atoms with Crippen LogP contribution in [0.3, 0.4) is 0 Å². The van der Waals surface area contributed by atoms with Crippen molar-refractivity contribution in [3.05, 3.63) is 47.6 Å². The lowest BCUT2D eigenvalue weighted by Gasteiger charge is -2.33. The van der Waals surface area contributed by atoms with Gasteiger partial charge in [0, 0.05) is 37.1 Å². The average molecular weight is 661 g/mol. The molecule has 5 rings (SSSR count). The van der Waals surface area contributed by atoms with E-state index in [1.807, 2.05) is 18.2 Å². The first-order valence-electron chi connectivity index (χ1n) is 12.8. The molecule has 1 fully saturated rings. The summed E-state index contributed by atoms with van der Waals surface area (Å²) in [5, 5.41) is 28.5. The van der Waals surface area contributed by atoms with Crippen LogP contribution in [0.4, 0.5) is 37.8 Å². The normalized spacial score (nSPS) is 13.7. The van der Waals surface area contributed by atoms with Gasteiger partial charge in [0.05, 0.1) is 28.6 Å². The van der Waals surface area contributed by atoms with Gasteiger partial charge in [-0.05, 0) is 43.0 Å². The number of fused-ring (bicyclic) bond motifs is 2. The van der Waals surface area contributed by atoms with Crippen molar-refractivity contribution in [2.75, 3.05) is 29.9 Å². The van der Waals surface area contributed by atoms with Crippen LogP contribution in [0.25, 0.3) is 22.1 Å². The minimum atomic E-state index is -5.08. The van der Waals surface area contributed by atoms with E-state index in [4.69, 9.17) is 31.4 Å². The number of imidazole rings is 1. The summed E-state index contributed by atoms with van der Waals surface area (Å²) in [7, 11) is 0. The molecule has 3 aromatic heterocycles. The maximum Gasteiger partial charge on any atom is 0.490 e. The number of carbonyl (C=O) groups is 2. The largest absolute Gasteiger partial charge is 0.490 e. The third-order valence-corrected chi connectivity index (χ3v) is 6.59. The van der Waals surface area contributed by atoms with E-state index in [1.54, 1.807) is 12.5 Å². The molecule has 12 nitrogen and oxygen atoms in total. The summed E-state index contributed by atoms with van der Waals surface area (Å²) in [6.45, 7) is 2.34. The molecule has 0 saturated carbocycles. The number of piperidine rings is 1. The maximum atomic E-state index is 10.6. The van der Waals surface area contributed by atoms with Crippen molar-refractivity contribution in [2.24, 2.45) is 5.92 Å². The predicted octanol–water partition coefficient (Wildman–Crippen LogP) is 5.22. The van der Waals surface area contributed by atoms with Gasteiger partial charge in [-0.3, -0.25) is 4.98 Å². The highest BCUT2D eigenvalue weighted by atomic mass is 35.5. The second-order valence-electron chi connectivity index (χ2n) is 9.26. The monoisotopic (exact) mass is 660 g/mol. The topological polar surface area (TPSA) is 181 Å². The van der Waals surface area contributed by atoms with Gasteiger partial charge in [-0.1, -0.05) is 11.6 Å². The maximum absolute atomic E-state index is 10.6. The average Bonchev–Trinajstić information content (AvgIpc) is 3.47. The summed E-state index contributed by atoms with van der Waals surface area (Å²) in [4.78, 5) is 40.6. The molecule has 19 heteroatoms. The minimum Gasteiger partial charge on any atom is -0.475 e. The number of rotatable bonds is 5. The molecule has 4 aromatic rings. The number of aliphatic carboxylic acids is 2. The molecule has 4 N–H and O–H groups in total. The van der Waals surface area contributed by atoms with Gasteiger partial charge in [-0.15, -0.1) is 0 Å². The van der Waals surface area contributed by atoms with Crippen LogP contribution in [0.2, 0.25) is 5.02 Å². The van der Waals surface area contributed by atoms with E-state index >= 15 is 0 Å². The number of benzene rings is 1. The van der Waals surface area contributed by atoms with Gasteiger partial charge in [-0.25, -0.2) is 24.5 Å². The van der Waals surface area contributed by atoms with Crippen molar-refractivity contribution < 1.29 is 46.1 Å². The van der Waals surface area contributed by atoms with Crippen molar-refractivity contribution in [1.29, 1.82) is 5.26 Å². The molecule has 0 unspecified atom stereocenters. The molecule has 0 spiro atoms. The van der Waals surface area contributed by atoms with Crippen LogP contribution in [0.15, 0.2) is 37.1 Å². The highest BCUT2D eigenvalue weighted by Gasteiger charge is 2.38. The lowest BCUT2D eigenvalue weighted by molar-refractivity contribution is -0.193. The number of pyridine rings is 1. The van der Waals surface area contributed by atoms with Crippen LogP contribution in [0.5, 0.6) is 0 Å². The molecule has 0 bridgehead atoms. The Hall–Kier alpha value is -4.92. The number of hydrogen-bond acceptors (Lipinski definition) is 9. The fourth-order valence-electron chi connectivity index (χ4n) is 4.22. The summed E-state index contributed by atoms with van der Waals surface area (Å²) < 4.78 is 63.5. The number of nitriles is 1. The summed E-state index contributed by atoms with van der Waals surface area (Å²) in [5.41, 5.74) is 4.59. The van der Waals surface area contributed by atoms with Crippen molar-refractivity contribution in [3.8, 4) is 6.07 Å². The number of aromatic nitrogens is 5. The number of nitrogens with one attached hydrogen (secondary N) is 2. The van der Waals surface area contributed by atoms with Crippen LogP contribution in [-0.4, -0.2) is 79.1 Å². The lowest BCUT2D eigenvalue weighted by Crippen LogP contribution is -2.34. The zero-order valence-electron chi connectivity index (χ0n) is 22.8. The first-order chi connectivity index (χ1) is 21.1. The van der Waals surface area contributed by atoms with E-state index in [9.17, 15) is 31.6 Å². The van der Waals surface area contributed by atoms with E-state index in [-0.39, 0.29) is 5.92 Å². The number of halogens is 7. The second kappa shape index (κ2) is 14.7. The number of alkyl halides is 6. The third-order valence-electron chi connectivity index (χ3n) is 6.28. The summed E-state index contributed by atoms with van der Waals surface area (Å²) >= 11 is 6.62. The van der Waals surface area contributed by atoms with Gasteiger partial charge in [0.25, 0.3) is 0 Å². The van der Waals surface area contributed by atoms with E-state index in [1.165, 1.54) is 6.33 Å². The first kappa shape index (κ1) is 34.6. The fourth-order valence-corrected chi connectivity index (χ4v) is 4.51. The second-order valence-corrected chi connectivity index (χ2v) is 9.67. The van der Waals surface area contributed by atoms with Crippen LogP contribution < -0.4 is 10.2 Å². The smallest absolute Gasteiger partial charge is 0.475 e. The molecular formula is C26H23ClF6N8O4. The standard InChI is InChI=1S/C22H21ClN8.2C2HF3O2/c23-17-10-15(3-7-26-21-19-22(28-12-27-19)30-13-29-21)20(18-16(17)2-1-6-25-18)31-8-4-14(11-24)5-9-31;2*3-2(4,5)1(6)7/h1-2,6,10,12-14H,3-5,7-9H2,(H2,26,27,28,29,30);2*(H,6,7). The van der Waals surface area contributed by atoms with Crippen LogP contribution in [-0.2, 0) is 16.0 Å². The molecule has 4 heterocycles. The number of carboxylic acid groups (broad SMARTS) is 2. The highest BCUT2D eigenvalue weighted by Crippen LogP contribution is 2.37. The first-order valence-corrected chi connectivity index (χ1v) is 13.2. The molecule has 1 aliphatic heterocycles. The van der Waals surface area contributed by atoms with E-state index < -0.39 is 24.3 Å². The molecule has 240 valence electrons.